The molecule has 2 aromatic carbocycles. The van der Waals surface area contributed by atoms with Crippen molar-refractivity contribution in [2.45, 2.75) is 32.0 Å². The average Bonchev–Trinajstić information content (AvgIpc) is 3.44. The van der Waals surface area contributed by atoms with E-state index < -0.39 is 17.8 Å². The largest absolute Gasteiger partial charge is 0.367 e. The molecule has 0 spiro atoms. The van der Waals surface area contributed by atoms with Gasteiger partial charge in [0, 0.05) is 68.4 Å². The van der Waals surface area contributed by atoms with Gasteiger partial charge in [0.15, 0.2) is 5.69 Å². The molecule has 3 amide bonds. The van der Waals surface area contributed by atoms with Crippen molar-refractivity contribution in [3.63, 3.8) is 0 Å². The van der Waals surface area contributed by atoms with Crippen molar-refractivity contribution in [3.8, 4) is 0 Å². The summed E-state index contributed by atoms with van der Waals surface area (Å²) in [6.07, 6.45) is 2.44. The second-order valence-corrected chi connectivity index (χ2v) is 9.78. The molecule has 0 radical (unpaired) electrons. The molecule has 3 aliphatic rings. The number of halogens is 1. The van der Waals surface area contributed by atoms with Crippen LogP contribution in [-0.2, 0) is 22.7 Å². The van der Waals surface area contributed by atoms with Crippen molar-refractivity contribution in [2.24, 2.45) is 0 Å². The van der Waals surface area contributed by atoms with E-state index >= 15 is 4.39 Å². The van der Waals surface area contributed by atoms with E-state index in [1.54, 1.807) is 6.07 Å². The fourth-order valence-corrected chi connectivity index (χ4v) is 5.58. The molecule has 10 heteroatoms. The zero-order valence-corrected chi connectivity index (χ0v) is 20.1. The van der Waals surface area contributed by atoms with E-state index in [9.17, 15) is 14.4 Å². The molecule has 188 valence electrons. The number of aromatic nitrogens is 1. The molecule has 6 rings (SSSR count). The molecule has 1 aromatic heterocycles. The van der Waals surface area contributed by atoms with Gasteiger partial charge in [0.2, 0.25) is 11.8 Å². The van der Waals surface area contributed by atoms with Crippen molar-refractivity contribution in [1.82, 2.24) is 20.1 Å². The van der Waals surface area contributed by atoms with Crippen molar-refractivity contribution in [3.05, 3.63) is 70.5 Å². The number of aromatic amines is 1. The number of carbonyl (C=O) groups excluding carboxylic acids is 3. The zero-order valence-electron chi connectivity index (χ0n) is 20.1. The maximum atomic E-state index is 15.2. The number of carbonyl (C=O) groups is 3. The van der Waals surface area contributed by atoms with Crippen LogP contribution < -0.4 is 10.2 Å². The van der Waals surface area contributed by atoms with E-state index in [1.807, 2.05) is 29.3 Å². The summed E-state index contributed by atoms with van der Waals surface area (Å²) in [6, 6.07) is 7.96. The molecule has 4 heterocycles. The highest BCUT2D eigenvalue weighted by Crippen LogP contribution is 2.33. The lowest BCUT2D eigenvalue weighted by atomic mass is 10.0. The maximum Gasteiger partial charge on any atom is 0.255 e. The first kappa shape index (κ1) is 23.2. The van der Waals surface area contributed by atoms with Crippen LogP contribution in [0.15, 0.2) is 36.5 Å². The average molecular weight is 501 g/mol. The third-order valence-electron chi connectivity index (χ3n) is 7.58. The Hall–Kier alpha value is -4.23. The summed E-state index contributed by atoms with van der Waals surface area (Å²) in [5.41, 5.74) is 4.17. The number of piperazine rings is 1. The normalized spacial score (nSPS) is 20.3. The predicted molar refractivity (Wildman–Crippen MR) is 134 cm³/mol. The lowest BCUT2D eigenvalue weighted by Crippen LogP contribution is -2.52. The third kappa shape index (κ3) is 4.11. The lowest BCUT2D eigenvalue weighted by Gasteiger charge is -2.36. The Labute approximate surface area is 212 Å². The standard InChI is InChI=1S/C27H25FN6O3/c1-29-18-2-3-19-17(13-30-22(19)11-18)14-32-6-8-33(9-7-32)24-10-16-15-34(27(37)20(16)12-21(24)28)23-4-5-25(35)31-26(23)36/h2-3,10-13,23,30H,4-9,14-15H2,(H,31,35,36). The van der Waals surface area contributed by atoms with Crippen LogP contribution in [0.2, 0.25) is 0 Å². The summed E-state index contributed by atoms with van der Waals surface area (Å²) in [4.78, 5) is 49.2. The first-order chi connectivity index (χ1) is 17.9. The van der Waals surface area contributed by atoms with E-state index in [4.69, 9.17) is 6.57 Å². The highest BCUT2D eigenvalue weighted by atomic mass is 19.1. The number of anilines is 1. The van der Waals surface area contributed by atoms with Gasteiger partial charge in [0.25, 0.3) is 5.91 Å². The molecular formula is C27H25FN6O3. The van der Waals surface area contributed by atoms with Gasteiger partial charge in [-0.15, -0.1) is 0 Å². The number of hydrogen-bond acceptors (Lipinski definition) is 5. The molecule has 2 saturated heterocycles. The van der Waals surface area contributed by atoms with Gasteiger partial charge in [-0.05, 0) is 35.7 Å². The van der Waals surface area contributed by atoms with Crippen molar-refractivity contribution in [1.29, 1.82) is 0 Å². The highest BCUT2D eigenvalue weighted by molar-refractivity contribution is 6.05. The maximum absolute atomic E-state index is 15.2. The Kier molecular flexibility index (Phi) is 5.65. The van der Waals surface area contributed by atoms with Crippen LogP contribution in [-0.4, -0.2) is 64.7 Å². The fourth-order valence-electron chi connectivity index (χ4n) is 5.58. The Morgan fingerprint density at radius 1 is 1.08 bits per heavy atom. The van der Waals surface area contributed by atoms with Crippen molar-refractivity contribution < 1.29 is 18.8 Å². The lowest BCUT2D eigenvalue weighted by molar-refractivity contribution is -0.136. The van der Waals surface area contributed by atoms with Gasteiger partial charge >= 0.3 is 0 Å². The Morgan fingerprint density at radius 3 is 2.65 bits per heavy atom. The minimum absolute atomic E-state index is 0.182. The molecule has 37 heavy (non-hydrogen) atoms. The summed E-state index contributed by atoms with van der Waals surface area (Å²) in [5.74, 6) is -1.63. The quantitative estimate of drug-likeness (QED) is 0.425. The van der Waals surface area contributed by atoms with Crippen LogP contribution in [0.3, 0.4) is 0 Å². The van der Waals surface area contributed by atoms with Crippen LogP contribution in [0.5, 0.6) is 0 Å². The number of piperidine rings is 1. The van der Waals surface area contributed by atoms with Crippen LogP contribution >= 0.6 is 0 Å². The highest BCUT2D eigenvalue weighted by Gasteiger charge is 2.40. The van der Waals surface area contributed by atoms with Gasteiger partial charge in [-0.25, -0.2) is 9.24 Å². The predicted octanol–water partition coefficient (Wildman–Crippen LogP) is 2.94. The van der Waals surface area contributed by atoms with Gasteiger partial charge in [-0.2, -0.15) is 0 Å². The number of amides is 3. The first-order valence-corrected chi connectivity index (χ1v) is 12.3. The second kappa shape index (κ2) is 9.01. The van der Waals surface area contributed by atoms with Crippen molar-refractivity contribution >= 4 is 40.0 Å². The molecule has 9 nitrogen and oxygen atoms in total. The Bertz CT molecular complexity index is 1480. The van der Waals surface area contributed by atoms with Gasteiger partial charge in [0.1, 0.15) is 11.9 Å². The number of rotatable bonds is 4. The number of benzene rings is 2. The van der Waals surface area contributed by atoms with Crippen molar-refractivity contribution in [2.75, 3.05) is 31.1 Å². The molecule has 3 aliphatic heterocycles. The molecule has 1 unspecified atom stereocenters. The van der Waals surface area contributed by atoms with Gasteiger partial charge in [-0.1, -0.05) is 12.1 Å². The topological polar surface area (TPSA) is 93.1 Å². The number of fused-ring (bicyclic) bond motifs is 2. The number of nitrogens with one attached hydrogen (secondary N) is 2. The summed E-state index contributed by atoms with van der Waals surface area (Å²) in [7, 11) is 0. The van der Waals surface area contributed by atoms with E-state index in [1.165, 1.54) is 11.0 Å². The second-order valence-electron chi connectivity index (χ2n) is 9.78. The van der Waals surface area contributed by atoms with Gasteiger partial charge < -0.3 is 14.8 Å². The smallest absolute Gasteiger partial charge is 0.255 e. The SMILES string of the molecule is [C-]#[N+]c1ccc2c(CN3CCN(c4cc5c(cc4F)C(=O)N(C4CCC(=O)NC4=O)C5)CC3)c[nH]c2c1. The summed E-state index contributed by atoms with van der Waals surface area (Å²) in [6.45, 7) is 11.0. The number of imide groups is 1. The Balaban J connectivity index is 1.13. The van der Waals surface area contributed by atoms with Crippen LogP contribution in [0, 0.1) is 12.4 Å². The molecule has 0 aliphatic carbocycles. The minimum Gasteiger partial charge on any atom is -0.367 e. The van der Waals surface area contributed by atoms with E-state index in [0.29, 0.717) is 30.0 Å². The first-order valence-electron chi connectivity index (χ1n) is 12.3. The molecule has 0 bridgehead atoms. The summed E-state index contributed by atoms with van der Waals surface area (Å²) >= 11 is 0. The van der Waals surface area contributed by atoms with E-state index in [-0.39, 0.29) is 36.8 Å². The number of H-pyrrole nitrogens is 1. The molecule has 3 aromatic rings. The van der Waals surface area contributed by atoms with Crippen LogP contribution in [0.1, 0.15) is 34.3 Å². The van der Waals surface area contributed by atoms with Gasteiger partial charge in [-0.3, -0.25) is 24.6 Å². The molecule has 0 saturated carbocycles. The zero-order chi connectivity index (χ0) is 25.7. The van der Waals surface area contributed by atoms with E-state index in [0.717, 1.165) is 36.1 Å². The van der Waals surface area contributed by atoms with E-state index in [2.05, 4.69) is 20.0 Å². The molecular weight excluding hydrogens is 475 g/mol. The van der Waals surface area contributed by atoms with Gasteiger partial charge in [0.05, 0.1) is 12.3 Å². The summed E-state index contributed by atoms with van der Waals surface area (Å²) < 4.78 is 15.2. The fraction of sp³-hybridized carbons (Fsp3) is 0.333. The minimum atomic E-state index is -0.717. The molecule has 1 atom stereocenters. The monoisotopic (exact) mass is 500 g/mol. The third-order valence-corrected chi connectivity index (χ3v) is 7.58. The number of hydrogen-bond donors (Lipinski definition) is 2. The number of nitrogens with zero attached hydrogens (tertiary/aromatic N) is 4. The molecule has 2 fully saturated rings. The Morgan fingerprint density at radius 2 is 1.89 bits per heavy atom. The van der Waals surface area contributed by atoms with Crippen LogP contribution in [0.25, 0.3) is 15.7 Å². The van der Waals surface area contributed by atoms with Crippen LogP contribution in [0.4, 0.5) is 15.8 Å². The molecule has 2 N–H and O–H groups in total. The summed E-state index contributed by atoms with van der Waals surface area (Å²) in [5, 5.41) is 3.39.